The molecule has 0 spiro atoms. The summed E-state index contributed by atoms with van der Waals surface area (Å²) in [7, 11) is -1.61. The SMILES string of the molecule is C[PH](=O)C(C)(C)OCC(C)(C)C. The fourth-order valence-electron chi connectivity index (χ4n) is 0.499. The third kappa shape index (κ3) is 4.95. The van der Waals surface area contributed by atoms with E-state index in [2.05, 4.69) is 20.8 Å². The summed E-state index contributed by atoms with van der Waals surface area (Å²) in [4.78, 5) is 0. The molecule has 0 aliphatic carbocycles. The first-order valence-electron chi connectivity index (χ1n) is 4.30. The summed E-state index contributed by atoms with van der Waals surface area (Å²) in [5.41, 5.74) is 0.147. The Bertz CT molecular complexity index is 168. The molecule has 0 aromatic rings. The van der Waals surface area contributed by atoms with Crippen molar-refractivity contribution < 1.29 is 9.30 Å². The lowest BCUT2D eigenvalue weighted by Gasteiger charge is -2.28. The average molecular weight is 192 g/mol. The third-order valence-electron chi connectivity index (χ3n) is 1.71. The first-order chi connectivity index (χ1) is 5.15. The minimum atomic E-state index is -1.61. The Balaban J connectivity index is 4.01. The van der Waals surface area contributed by atoms with Crippen molar-refractivity contribution in [2.45, 2.75) is 40.0 Å². The van der Waals surface area contributed by atoms with Crippen LogP contribution in [0, 0.1) is 5.41 Å². The predicted molar refractivity (Wildman–Crippen MR) is 54.4 cm³/mol. The van der Waals surface area contributed by atoms with Crippen LogP contribution in [0.25, 0.3) is 0 Å². The van der Waals surface area contributed by atoms with Crippen molar-refractivity contribution in [1.29, 1.82) is 0 Å². The van der Waals surface area contributed by atoms with Gasteiger partial charge in [0, 0.05) is 0 Å². The van der Waals surface area contributed by atoms with E-state index in [-0.39, 0.29) is 5.41 Å². The van der Waals surface area contributed by atoms with E-state index in [9.17, 15) is 4.57 Å². The molecule has 0 bridgehead atoms. The van der Waals surface area contributed by atoms with Crippen LogP contribution in [0.2, 0.25) is 0 Å². The molecule has 3 heteroatoms. The van der Waals surface area contributed by atoms with Gasteiger partial charge in [-0.3, -0.25) is 0 Å². The van der Waals surface area contributed by atoms with E-state index in [1.165, 1.54) is 0 Å². The van der Waals surface area contributed by atoms with Gasteiger partial charge in [-0.25, -0.2) is 0 Å². The van der Waals surface area contributed by atoms with E-state index in [4.69, 9.17) is 4.74 Å². The molecule has 0 amide bonds. The van der Waals surface area contributed by atoms with Crippen LogP contribution in [0.4, 0.5) is 0 Å². The Kier molecular flexibility index (Phi) is 3.99. The number of hydrogen-bond donors (Lipinski definition) is 0. The van der Waals surface area contributed by atoms with Gasteiger partial charge in [-0.15, -0.1) is 0 Å². The lowest BCUT2D eigenvalue weighted by Crippen LogP contribution is -2.26. The van der Waals surface area contributed by atoms with Gasteiger partial charge >= 0.3 is 0 Å². The van der Waals surface area contributed by atoms with Crippen LogP contribution in [-0.4, -0.2) is 18.6 Å². The number of hydrogen-bond acceptors (Lipinski definition) is 2. The van der Waals surface area contributed by atoms with Crippen LogP contribution in [0.3, 0.4) is 0 Å². The molecule has 0 saturated carbocycles. The van der Waals surface area contributed by atoms with Gasteiger partial charge in [-0.1, -0.05) is 20.8 Å². The van der Waals surface area contributed by atoms with Gasteiger partial charge in [0.25, 0.3) is 0 Å². The second kappa shape index (κ2) is 3.93. The lowest BCUT2D eigenvalue weighted by molar-refractivity contribution is 0.00204. The molecule has 0 saturated heterocycles. The highest BCUT2D eigenvalue weighted by molar-refractivity contribution is 7.45. The predicted octanol–water partition coefficient (Wildman–Crippen LogP) is 2.97. The van der Waals surface area contributed by atoms with Gasteiger partial charge < -0.3 is 9.30 Å². The Morgan fingerprint density at radius 1 is 1.17 bits per heavy atom. The van der Waals surface area contributed by atoms with Crippen molar-refractivity contribution in [3.05, 3.63) is 0 Å². The molecule has 0 aliphatic heterocycles. The van der Waals surface area contributed by atoms with E-state index < -0.39 is 13.1 Å². The van der Waals surface area contributed by atoms with Crippen molar-refractivity contribution >= 4 is 7.80 Å². The molecule has 0 aliphatic rings. The zero-order valence-electron chi connectivity index (χ0n) is 9.02. The van der Waals surface area contributed by atoms with Gasteiger partial charge in [0.15, 0.2) is 0 Å². The molecule has 12 heavy (non-hydrogen) atoms. The first kappa shape index (κ1) is 12.2. The topological polar surface area (TPSA) is 26.3 Å². The molecule has 1 unspecified atom stereocenters. The van der Waals surface area contributed by atoms with E-state index in [0.29, 0.717) is 6.61 Å². The molecular formula is C9H21O2P. The summed E-state index contributed by atoms with van der Waals surface area (Å²) in [5.74, 6) is 0. The summed E-state index contributed by atoms with van der Waals surface area (Å²) >= 11 is 0. The van der Waals surface area contributed by atoms with Gasteiger partial charge in [0.2, 0.25) is 0 Å². The minimum Gasteiger partial charge on any atom is -0.368 e. The van der Waals surface area contributed by atoms with Crippen molar-refractivity contribution in [3.63, 3.8) is 0 Å². The highest BCUT2D eigenvalue weighted by Gasteiger charge is 2.25. The zero-order chi connectivity index (χ0) is 9.99. The molecule has 0 fully saturated rings. The highest BCUT2D eigenvalue weighted by Crippen LogP contribution is 2.36. The fraction of sp³-hybridized carbons (Fsp3) is 1.00. The third-order valence-corrected chi connectivity index (χ3v) is 3.55. The molecule has 0 N–H and O–H groups in total. The summed E-state index contributed by atoms with van der Waals surface area (Å²) in [5, 5.41) is -0.446. The Labute approximate surface area is 76.5 Å². The smallest absolute Gasteiger partial charge is 0.112 e. The van der Waals surface area contributed by atoms with E-state index in [1.807, 2.05) is 13.8 Å². The Morgan fingerprint density at radius 3 is 1.83 bits per heavy atom. The van der Waals surface area contributed by atoms with Gasteiger partial charge in [0.05, 0.1) is 6.61 Å². The summed E-state index contributed by atoms with van der Waals surface area (Å²) in [6.45, 7) is 12.5. The first-order valence-corrected chi connectivity index (χ1v) is 6.21. The molecular weight excluding hydrogens is 171 g/mol. The number of rotatable bonds is 3. The normalized spacial score (nSPS) is 16.2. The summed E-state index contributed by atoms with van der Waals surface area (Å²) < 4.78 is 16.8. The fourth-order valence-corrected chi connectivity index (χ4v) is 0.774. The van der Waals surface area contributed by atoms with Crippen LogP contribution in [0.5, 0.6) is 0 Å². The lowest BCUT2D eigenvalue weighted by atomic mass is 9.99. The number of ether oxygens (including phenoxy) is 1. The van der Waals surface area contributed by atoms with E-state index in [1.54, 1.807) is 6.66 Å². The van der Waals surface area contributed by atoms with Gasteiger partial charge in [-0.2, -0.15) is 0 Å². The van der Waals surface area contributed by atoms with Crippen LogP contribution in [0.1, 0.15) is 34.6 Å². The molecule has 0 radical (unpaired) electrons. The second-order valence-electron chi connectivity index (χ2n) is 4.92. The largest absolute Gasteiger partial charge is 0.368 e. The van der Waals surface area contributed by atoms with Crippen molar-refractivity contribution in [2.75, 3.05) is 13.3 Å². The maximum absolute atomic E-state index is 11.2. The molecule has 1 atom stereocenters. The van der Waals surface area contributed by atoms with Crippen molar-refractivity contribution in [2.24, 2.45) is 5.41 Å². The maximum Gasteiger partial charge on any atom is 0.112 e. The van der Waals surface area contributed by atoms with Crippen molar-refractivity contribution in [3.8, 4) is 0 Å². The average Bonchev–Trinajstić information content (AvgIpc) is 1.82. The summed E-state index contributed by atoms with van der Waals surface area (Å²) in [6, 6.07) is 0. The zero-order valence-corrected chi connectivity index (χ0v) is 10.0. The quantitative estimate of drug-likeness (QED) is 0.642. The maximum atomic E-state index is 11.2. The van der Waals surface area contributed by atoms with Gasteiger partial charge in [-0.05, 0) is 25.9 Å². The summed E-state index contributed by atoms with van der Waals surface area (Å²) in [6.07, 6.45) is 0. The van der Waals surface area contributed by atoms with Crippen LogP contribution < -0.4 is 0 Å². The monoisotopic (exact) mass is 192 g/mol. The Morgan fingerprint density at radius 2 is 1.58 bits per heavy atom. The Hall–Kier alpha value is 0.190. The highest BCUT2D eigenvalue weighted by atomic mass is 31.1. The molecule has 0 aromatic heterocycles. The molecule has 74 valence electrons. The molecule has 0 heterocycles. The molecule has 0 aromatic carbocycles. The minimum absolute atomic E-state index is 0.147. The molecule has 0 rings (SSSR count). The van der Waals surface area contributed by atoms with Crippen LogP contribution in [-0.2, 0) is 9.30 Å². The second-order valence-corrected chi connectivity index (χ2v) is 7.23. The van der Waals surface area contributed by atoms with Crippen LogP contribution >= 0.6 is 7.80 Å². The molecule has 2 nitrogen and oxygen atoms in total. The van der Waals surface area contributed by atoms with E-state index >= 15 is 0 Å². The van der Waals surface area contributed by atoms with Gasteiger partial charge in [0.1, 0.15) is 13.1 Å². The van der Waals surface area contributed by atoms with Crippen molar-refractivity contribution in [1.82, 2.24) is 0 Å². The standard InChI is InChI=1S/C9H21O2P/c1-8(2,3)7-11-9(4,5)12(6)10/h12H,7H2,1-6H3. The van der Waals surface area contributed by atoms with Crippen LogP contribution in [0.15, 0.2) is 0 Å². The van der Waals surface area contributed by atoms with E-state index in [0.717, 1.165) is 0 Å².